The fourth-order valence-electron chi connectivity index (χ4n) is 2.67. The van der Waals surface area contributed by atoms with Crippen LogP contribution in [0.1, 0.15) is 49.4 Å². The van der Waals surface area contributed by atoms with Crippen LogP contribution in [0, 0.1) is 10.1 Å². The molecule has 0 atom stereocenters. The summed E-state index contributed by atoms with van der Waals surface area (Å²) in [5.41, 5.74) is 0.498. The predicted molar refractivity (Wildman–Crippen MR) is 117 cm³/mol. The first-order chi connectivity index (χ1) is 14.0. The number of thiocarbonyl (C=S) groups is 1. The fourth-order valence-corrected chi connectivity index (χ4v) is 2.87. The standard InChI is InChI=1S/C21H25N3O4S/c1-2-3-4-5-8-15-28-17-13-11-16(12-14-17)20(25)23-21(29)22-18-9-6-7-10-19(18)24(26)27/h6-7,9-14H,2-5,8,15H2,1H3,(H2,22,23,25,29). The van der Waals surface area contributed by atoms with Crippen LogP contribution in [-0.2, 0) is 0 Å². The first-order valence-corrected chi connectivity index (χ1v) is 10.0. The number of carbonyl (C=O) groups excluding carboxylic acids is 1. The maximum Gasteiger partial charge on any atom is 0.292 e. The van der Waals surface area contributed by atoms with E-state index in [0.717, 1.165) is 12.8 Å². The van der Waals surface area contributed by atoms with Gasteiger partial charge in [-0.05, 0) is 49.0 Å². The lowest BCUT2D eigenvalue weighted by atomic mass is 10.2. The number of anilines is 1. The average Bonchev–Trinajstić information content (AvgIpc) is 2.71. The smallest absolute Gasteiger partial charge is 0.292 e. The summed E-state index contributed by atoms with van der Waals surface area (Å²) in [5.74, 6) is 0.296. The largest absolute Gasteiger partial charge is 0.494 e. The van der Waals surface area contributed by atoms with Crippen molar-refractivity contribution in [3.05, 3.63) is 64.2 Å². The van der Waals surface area contributed by atoms with Gasteiger partial charge in [-0.15, -0.1) is 0 Å². The molecule has 0 aliphatic rings. The molecule has 1 amide bonds. The molecule has 0 aromatic heterocycles. The minimum Gasteiger partial charge on any atom is -0.494 e. The Bertz CT molecular complexity index is 840. The van der Waals surface area contributed by atoms with Crippen LogP contribution in [0.2, 0.25) is 0 Å². The van der Waals surface area contributed by atoms with Gasteiger partial charge >= 0.3 is 0 Å². The van der Waals surface area contributed by atoms with Crippen molar-refractivity contribution in [2.45, 2.75) is 39.0 Å². The Morgan fingerprint density at radius 3 is 2.45 bits per heavy atom. The predicted octanol–water partition coefficient (Wildman–Crippen LogP) is 5.07. The molecular weight excluding hydrogens is 390 g/mol. The molecule has 8 heteroatoms. The van der Waals surface area contributed by atoms with E-state index in [4.69, 9.17) is 17.0 Å². The summed E-state index contributed by atoms with van der Waals surface area (Å²) < 4.78 is 5.68. The fraction of sp³-hybridized carbons (Fsp3) is 0.333. The molecule has 0 fully saturated rings. The molecule has 0 aliphatic heterocycles. The number of nitro benzene ring substituents is 1. The van der Waals surface area contributed by atoms with Crippen LogP contribution >= 0.6 is 12.2 Å². The molecule has 0 saturated heterocycles. The maximum atomic E-state index is 12.3. The first-order valence-electron chi connectivity index (χ1n) is 9.60. The van der Waals surface area contributed by atoms with Crippen molar-refractivity contribution in [1.29, 1.82) is 0 Å². The van der Waals surface area contributed by atoms with Gasteiger partial charge in [0.2, 0.25) is 0 Å². The third-order valence-corrected chi connectivity index (χ3v) is 4.41. The molecule has 0 unspecified atom stereocenters. The number of ether oxygens (including phenoxy) is 1. The van der Waals surface area contributed by atoms with E-state index in [0.29, 0.717) is 17.9 Å². The number of hydrogen-bond acceptors (Lipinski definition) is 5. The third-order valence-electron chi connectivity index (χ3n) is 4.21. The summed E-state index contributed by atoms with van der Waals surface area (Å²) in [6.45, 7) is 2.83. The molecule has 154 valence electrons. The highest BCUT2D eigenvalue weighted by molar-refractivity contribution is 7.80. The van der Waals surface area contributed by atoms with Crippen molar-refractivity contribution in [1.82, 2.24) is 5.32 Å². The molecule has 2 rings (SSSR count). The van der Waals surface area contributed by atoms with Crippen molar-refractivity contribution in [3.63, 3.8) is 0 Å². The lowest BCUT2D eigenvalue weighted by Gasteiger charge is -2.10. The molecule has 0 spiro atoms. The summed E-state index contributed by atoms with van der Waals surface area (Å²) >= 11 is 5.09. The van der Waals surface area contributed by atoms with Gasteiger partial charge in [-0.1, -0.05) is 44.7 Å². The lowest BCUT2D eigenvalue weighted by molar-refractivity contribution is -0.383. The topological polar surface area (TPSA) is 93.5 Å². The number of nitrogens with zero attached hydrogens (tertiary/aromatic N) is 1. The Labute approximate surface area is 175 Å². The summed E-state index contributed by atoms with van der Waals surface area (Å²) in [4.78, 5) is 22.8. The van der Waals surface area contributed by atoms with Crippen molar-refractivity contribution in [2.75, 3.05) is 11.9 Å². The zero-order valence-electron chi connectivity index (χ0n) is 16.3. The second-order valence-electron chi connectivity index (χ2n) is 6.47. The summed E-state index contributed by atoms with van der Waals surface area (Å²) in [5, 5.41) is 16.2. The Hall–Kier alpha value is -3.00. The number of benzene rings is 2. The quantitative estimate of drug-likeness (QED) is 0.243. The van der Waals surface area contributed by atoms with E-state index in [1.807, 2.05) is 0 Å². The minimum absolute atomic E-state index is 0.0169. The Morgan fingerprint density at radius 1 is 1.07 bits per heavy atom. The molecule has 2 aromatic rings. The highest BCUT2D eigenvalue weighted by Gasteiger charge is 2.15. The van der Waals surface area contributed by atoms with Gasteiger partial charge < -0.3 is 10.1 Å². The van der Waals surface area contributed by atoms with Crippen molar-refractivity contribution < 1.29 is 14.5 Å². The van der Waals surface area contributed by atoms with Crippen molar-refractivity contribution in [2.24, 2.45) is 0 Å². The van der Waals surface area contributed by atoms with E-state index in [9.17, 15) is 14.9 Å². The number of carbonyl (C=O) groups is 1. The van der Waals surface area contributed by atoms with Gasteiger partial charge in [0.1, 0.15) is 11.4 Å². The minimum atomic E-state index is -0.519. The molecule has 0 bridgehead atoms. The van der Waals surface area contributed by atoms with Crippen LogP contribution in [-0.4, -0.2) is 22.5 Å². The highest BCUT2D eigenvalue weighted by atomic mass is 32.1. The van der Waals surface area contributed by atoms with Crippen LogP contribution in [0.3, 0.4) is 0 Å². The Balaban J connectivity index is 1.83. The number of nitro groups is 1. The van der Waals surface area contributed by atoms with Gasteiger partial charge in [-0.2, -0.15) is 0 Å². The summed E-state index contributed by atoms with van der Waals surface area (Å²) in [6.07, 6.45) is 5.84. The van der Waals surface area contributed by atoms with E-state index in [1.54, 1.807) is 36.4 Å². The molecular formula is C21H25N3O4S. The average molecular weight is 416 g/mol. The van der Waals surface area contributed by atoms with E-state index in [-0.39, 0.29) is 16.5 Å². The maximum absolute atomic E-state index is 12.3. The van der Waals surface area contributed by atoms with Crippen LogP contribution in [0.5, 0.6) is 5.75 Å². The highest BCUT2D eigenvalue weighted by Crippen LogP contribution is 2.23. The molecule has 0 aliphatic carbocycles. The number of rotatable bonds is 10. The van der Waals surface area contributed by atoms with E-state index >= 15 is 0 Å². The second kappa shape index (κ2) is 11.8. The summed E-state index contributed by atoms with van der Waals surface area (Å²) in [6, 6.07) is 12.8. The number of nitrogens with one attached hydrogen (secondary N) is 2. The van der Waals surface area contributed by atoms with E-state index in [1.165, 1.54) is 31.4 Å². The Morgan fingerprint density at radius 2 is 1.76 bits per heavy atom. The second-order valence-corrected chi connectivity index (χ2v) is 6.88. The molecule has 7 nitrogen and oxygen atoms in total. The SMILES string of the molecule is CCCCCCCOc1ccc(C(=O)NC(=S)Nc2ccccc2[N+](=O)[O-])cc1. The monoisotopic (exact) mass is 415 g/mol. The molecule has 2 aromatic carbocycles. The molecule has 0 saturated carbocycles. The van der Waals surface area contributed by atoms with Gasteiger partial charge in [0.15, 0.2) is 5.11 Å². The van der Waals surface area contributed by atoms with E-state index < -0.39 is 10.8 Å². The summed E-state index contributed by atoms with van der Waals surface area (Å²) in [7, 11) is 0. The Kier molecular flexibility index (Phi) is 9.04. The first kappa shape index (κ1) is 22.3. The van der Waals surface area contributed by atoms with Crippen molar-refractivity contribution >= 4 is 34.6 Å². The number of para-hydroxylation sites is 2. The van der Waals surface area contributed by atoms with Crippen LogP contribution in [0.15, 0.2) is 48.5 Å². The van der Waals surface area contributed by atoms with Gasteiger partial charge in [0.05, 0.1) is 11.5 Å². The molecule has 2 N–H and O–H groups in total. The van der Waals surface area contributed by atoms with E-state index in [2.05, 4.69) is 17.6 Å². The van der Waals surface area contributed by atoms with Crippen LogP contribution < -0.4 is 15.4 Å². The van der Waals surface area contributed by atoms with Gasteiger partial charge in [-0.3, -0.25) is 20.2 Å². The van der Waals surface area contributed by atoms with Gasteiger partial charge in [0, 0.05) is 11.6 Å². The van der Waals surface area contributed by atoms with Crippen LogP contribution in [0.4, 0.5) is 11.4 Å². The number of amides is 1. The number of unbranched alkanes of at least 4 members (excludes halogenated alkanes) is 4. The van der Waals surface area contributed by atoms with Gasteiger partial charge in [0.25, 0.3) is 11.6 Å². The molecule has 0 heterocycles. The third kappa shape index (κ3) is 7.50. The lowest BCUT2D eigenvalue weighted by Crippen LogP contribution is -2.34. The van der Waals surface area contributed by atoms with Crippen molar-refractivity contribution in [3.8, 4) is 5.75 Å². The van der Waals surface area contributed by atoms with Crippen LogP contribution in [0.25, 0.3) is 0 Å². The molecule has 0 radical (unpaired) electrons. The zero-order valence-corrected chi connectivity index (χ0v) is 17.2. The van der Waals surface area contributed by atoms with Gasteiger partial charge in [-0.25, -0.2) is 0 Å². The molecule has 29 heavy (non-hydrogen) atoms. The zero-order chi connectivity index (χ0) is 21.1. The number of hydrogen-bond donors (Lipinski definition) is 2. The normalized spacial score (nSPS) is 10.2.